The lowest BCUT2D eigenvalue weighted by molar-refractivity contribution is -0.142. The van der Waals surface area contributed by atoms with Crippen molar-refractivity contribution < 1.29 is 9.90 Å². The van der Waals surface area contributed by atoms with Crippen molar-refractivity contribution in [2.45, 2.75) is 34.1 Å². The van der Waals surface area contributed by atoms with Gasteiger partial charge < -0.3 is 10.0 Å². The molecule has 1 N–H and O–H groups in total. The number of hydrogen-bond acceptors (Lipinski definition) is 5. The van der Waals surface area contributed by atoms with Gasteiger partial charge in [-0.05, 0) is 38.7 Å². The Hall–Kier alpha value is -1.69. The second-order valence-electron chi connectivity index (χ2n) is 6.34. The van der Waals surface area contributed by atoms with Gasteiger partial charge in [-0.25, -0.2) is 9.97 Å². The number of aromatic nitrogens is 2. The molecule has 1 fully saturated rings. The number of nitrogens with zero attached hydrogens (tertiary/aromatic N) is 3. The van der Waals surface area contributed by atoms with Crippen molar-refractivity contribution in [3.05, 3.63) is 16.3 Å². The number of aryl methyl sites for hydroxylation is 3. The molecule has 2 aromatic heterocycles. The fraction of sp³-hybridized carbons (Fsp3) is 0.562. The number of hydrogen-bond donors (Lipinski definition) is 1. The normalized spacial score (nSPS) is 22.3. The average molecular weight is 319 g/mol. The number of carboxylic acid groups (broad SMARTS) is 1. The summed E-state index contributed by atoms with van der Waals surface area (Å²) in [7, 11) is 0. The van der Waals surface area contributed by atoms with Crippen molar-refractivity contribution in [2.24, 2.45) is 11.8 Å². The largest absolute Gasteiger partial charge is 0.481 e. The Morgan fingerprint density at radius 3 is 2.68 bits per heavy atom. The van der Waals surface area contributed by atoms with E-state index in [1.165, 1.54) is 10.4 Å². The number of fused-ring (bicyclic) bond motifs is 1. The van der Waals surface area contributed by atoms with Crippen LogP contribution in [0.3, 0.4) is 0 Å². The maximum atomic E-state index is 11.4. The van der Waals surface area contributed by atoms with E-state index in [1.54, 1.807) is 11.3 Å². The van der Waals surface area contributed by atoms with Crippen LogP contribution in [-0.2, 0) is 4.79 Å². The van der Waals surface area contributed by atoms with Gasteiger partial charge in [-0.2, -0.15) is 0 Å². The van der Waals surface area contributed by atoms with E-state index >= 15 is 0 Å². The molecule has 0 aliphatic carbocycles. The van der Waals surface area contributed by atoms with Crippen molar-refractivity contribution in [3.8, 4) is 0 Å². The van der Waals surface area contributed by atoms with Gasteiger partial charge in [-0.3, -0.25) is 4.79 Å². The molecule has 0 amide bonds. The quantitative estimate of drug-likeness (QED) is 0.921. The number of anilines is 1. The highest BCUT2D eigenvalue weighted by Gasteiger charge is 2.31. The fourth-order valence-electron chi connectivity index (χ4n) is 3.26. The Morgan fingerprint density at radius 2 is 2.00 bits per heavy atom. The Balaban J connectivity index is 2.10. The highest BCUT2D eigenvalue weighted by atomic mass is 32.1. The minimum absolute atomic E-state index is 0.325. The van der Waals surface area contributed by atoms with Crippen molar-refractivity contribution in [2.75, 3.05) is 18.0 Å². The average Bonchev–Trinajstić information content (AvgIpc) is 2.72. The fourth-order valence-corrected chi connectivity index (χ4v) is 4.33. The summed E-state index contributed by atoms with van der Waals surface area (Å²) in [6.07, 6.45) is 0.737. The van der Waals surface area contributed by atoms with Gasteiger partial charge in [0.15, 0.2) is 0 Å². The van der Waals surface area contributed by atoms with Gasteiger partial charge in [0.05, 0.1) is 11.3 Å². The summed E-state index contributed by atoms with van der Waals surface area (Å²) in [6.45, 7) is 9.58. The van der Waals surface area contributed by atoms with Crippen LogP contribution in [0.25, 0.3) is 10.2 Å². The van der Waals surface area contributed by atoms with Crippen LogP contribution in [0, 0.1) is 32.6 Å². The Labute approximate surface area is 134 Å². The third-order valence-electron chi connectivity index (χ3n) is 4.43. The monoisotopic (exact) mass is 319 g/mol. The minimum atomic E-state index is -0.711. The maximum Gasteiger partial charge on any atom is 0.308 e. The highest BCUT2D eigenvalue weighted by Crippen LogP contribution is 2.37. The van der Waals surface area contributed by atoms with Crippen LogP contribution in [0.5, 0.6) is 0 Å². The first-order valence-electron chi connectivity index (χ1n) is 7.59. The number of thiophene rings is 1. The van der Waals surface area contributed by atoms with Crippen LogP contribution >= 0.6 is 11.3 Å². The lowest BCUT2D eigenvalue weighted by Gasteiger charge is -2.36. The topological polar surface area (TPSA) is 66.3 Å². The first kappa shape index (κ1) is 15.2. The molecule has 3 heterocycles. The molecule has 118 valence electrons. The van der Waals surface area contributed by atoms with Crippen molar-refractivity contribution >= 4 is 33.3 Å². The van der Waals surface area contributed by atoms with E-state index in [0.29, 0.717) is 12.5 Å². The van der Waals surface area contributed by atoms with Crippen LogP contribution in [0.1, 0.15) is 29.6 Å². The standard InChI is InChI=1S/C16H21N3O2S/c1-8-5-12(16(20)21)7-19(6-8)14-13-9(2)10(3)22-15(13)18-11(4)17-14/h8,12H,5-7H2,1-4H3,(H,20,21). The van der Waals surface area contributed by atoms with Gasteiger partial charge in [0.25, 0.3) is 0 Å². The first-order chi connectivity index (χ1) is 10.4. The summed E-state index contributed by atoms with van der Waals surface area (Å²) in [5, 5.41) is 10.5. The molecule has 0 spiro atoms. The highest BCUT2D eigenvalue weighted by molar-refractivity contribution is 7.18. The first-order valence-corrected chi connectivity index (χ1v) is 8.40. The van der Waals surface area contributed by atoms with Crippen LogP contribution in [0.2, 0.25) is 0 Å². The molecule has 0 bridgehead atoms. The van der Waals surface area contributed by atoms with Crippen molar-refractivity contribution in [1.29, 1.82) is 0 Å². The zero-order valence-corrected chi connectivity index (χ0v) is 14.2. The van der Waals surface area contributed by atoms with E-state index in [0.717, 1.165) is 34.8 Å². The lowest BCUT2D eigenvalue weighted by Crippen LogP contribution is -2.43. The number of piperidine rings is 1. The van der Waals surface area contributed by atoms with Gasteiger partial charge >= 0.3 is 5.97 Å². The molecule has 6 heteroatoms. The Morgan fingerprint density at radius 1 is 1.27 bits per heavy atom. The Kier molecular flexibility index (Phi) is 3.80. The Bertz CT molecular complexity index is 741. The molecule has 1 aliphatic heterocycles. The molecule has 2 unspecified atom stereocenters. The number of carboxylic acids is 1. The predicted molar refractivity (Wildman–Crippen MR) is 88.7 cm³/mol. The van der Waals surface area contributed by atoms with E-state index in [2.05, 4.69) is 35.6 Å². The van der Waals surface area contributed by atoms with Gasteiger partial charge in [0.2, 0.25) is 0 Å². The molecule has 2 atom stereocenters. The molecule has 0 aromatic carbocycles. The SMILES string of the molecule is Cc1nc(N2CC(C)CC(C(=O)O)C2)c2c(C)c(C)sc2n1. The van der Waals surface area contributed by atoms with E-state index in [-0.39, 0.29) is 5.92 Å². The molecule has 3 rings (SSSR count). The summed E-state index contributed by atoms with van der Waals surface area (Å²) in [6, 6.07) is 0. The molecule has 1 aliphatic rings. The maximum absolute atomic E-state index is 11.4. The lowest BCUT2D eigenvalue weighted by atomic mass is 9.90. The predicted octanol–water partition coefficient (Wildman–Crippen LogP) is 3.16. The molecule has 22 heavy (non-hydrogen) atoms. The van der Waals surface area contributed by atoms with Gasteiger partial charge in [0, 0.05) is 18.0 Å². The molecule has 0 radical (unpaired) electrons. The third-order valence-corrected chi connectivity index (χ3v) is 5.53. The summed E-state index contributed by atoms with van der Waals surface area (Å²) in [5.41, 5.74) is 1.21. The zero-order chi connectivity index (χ0) is 16.0. The van der Waals surface area contributed by atoms with Gasteiger partial charge in [-0.1, -0.05) is 6.92 Å². The van der Waals surface area contributed by atoms with E-state index in [1.807, 2.05) is 6.92 Å². The van der Waals surface area contributed by atoms with Crippen LogP contribution < -0.4 is 4.90 Å². The number of rotatable bonds is 2. The smallest absolute Gasteiger partial charge is 0.308 e. The van der Waals surface area contributed by atoms with Crippen LogP contribution in [0.4, 0.5) is 5.82 Å². The number of aliphatic carboxylic acids is 1. The molecule has 5 nitrogen and oxygen atoms in total. The molecule has 2 aromatic rings. The van der Waals surface area contributed by atoms with Gasteiger partial charge in [-0.15, -0.1) is 11.3 Å². The van der Waals surface area contributed by atoms with E-state index in [4.69, 9.17) is 0 Å². The van der Waals surface area contributed by atoms with Crippen molar-refractivity contribution in [3.63, 3.8) is 0 Å². The summed E-state index contributed by atoms with van der Waals surface area (Å²) >= 11 is 1.68. The van der Waals surface area contributed by atoms with E-state index < -0.39 is 5.97 Å². The number of carbonyl (C=O) groups is 1. The second-order valence-corrected chi connectivity index (χ2v) is 7.54. The molecular weight excluding hydrogens is 298 g/mol. The van der Waals surface area contributed by atoms with Crippen molar-refractivity contribution in [1.82, 2.24) is 9.97 Å². The van der Waals surface area contributed by atoms with E-state index in [9.17, 15) is 9.90 Å². The third kappa shape index (κ3) is 2.56. The molecular formula is C16H21N3O2S. The summed E-state index contributed by atoms with van der Waals surface area (Å²) < 4.78 is 0. The second kappa shape index (κ2) is 5.50. The summed E-state index contributed by atoms with van der Waals surface area (Å²) in [4.78, 5) is 25.0. The summed E-state index contributed by atoms with van der Waals surface area (Å²) in [5.74, 6) is 0.960. The molecule has 0 saturated carbocycles. The zero-order valence-electron chi connectivity index (χ0n) is 13.4. The van der Waals surface area contributed by atoms with Crippen LogP contribution in [-0.4, -0.2) is 34.1 Å². The van der Waals surface area contributed by atoms with Crippen LogP contribution in [0.15, 0.2) is 0 Å². The minimum Gasteiger partial charge on any atom is -0.481 e. The molecule has 1 saturated heterocycles. The van der Waals surface area contributed by atoms with Gasteiger partial charge in [0.1, 0.15) is 16.5 Å².